The van der Waals surface area contributed by atoms with Crippen LogP contribution in [0.1, 0.15) is 43.2 Å². The Labute approximate surface area is 269 Å². The van der Waals surface area contributed by atoms with Gasteiger partial charge in [0.2, 0.25) is 0 Å². The number of para-hydroxylation sites is 2. The van der Waals surface area contributed by atoms with Gasteiger partial charge in [-0.05, 0) is 91.9 Å². The zero-order valence-corrected chi connectivity index (χ0v) is 27.2. The van der Waals surface area contributed by atoms with Gasteiger partial charge in [0.05, 0.1) is 11.4 Å². The first kappa shape index (κ1) is 28.1. The van der Waals surface area contributed by atoms with Gasteiger partial charge < -0.3 is 14.5 Å². The third-order valence-electron chi connectivity index (χ3n) is 9.05. The van der Waals surface area contributed by atoms with Crippen LogP contribution in [0.15, 0.2) is 103 Å². The maximum absolute atomic E-state index is 6.55. The van der Waals surface area contributed by atoms with Gasteiger partial charge in [-0.3, -0.25) is 4.40 Å². The Kier molecular flexibility index (Phi) is 6.33. The number of benzene rings is 4. The monoisotopic (exact) mass is 603 g/mol. The van der Waals surface area contributed by atoms with Crippen LogP contribution in [0.25, 0.3) is 27.5 Å². The number of aryl methyl sites for hydroxylation is 3. The van der Waals surface area contributed by atoms with Crippen molar-refractivity contribution in [1.82, 2.24) is 14.4 Å². The molecule has 7 aromatic rings. The van der Waals surface area contributed by atoms with E-state index in [0.29, 0.717) is 0 Å². The van der Waals surface area contributed by atoms with E-state index in [1.54, 1.807) is 0 Å². The maximum Gasteiger partial charge on any atom is 0.146 e. The number of anilines is 4. The van der Waals surface area contributed by atoms with E-state index in [-0.39, 0.29) is 5.41 Å². The molecule has 1 aliphatic heterocycles. The Morgan fingerprint density at radius 1 is 0.674 bits per heavy atom. The quantitative estimate of drug-likeness (QED) is 0.187. The summed E-state index contributed by atoms with van der Waals surface area (Å²) in [6.45, 7) is 13.9. The molecule has 0 radical (unpaired) electrons. The van der Waals surface area contributed by atoms with Gasteiger partial charge >= 0.3 is 0 Å². The molecule has 0 saturated heterocycles. The van der Waals surface area contributed by atoms with Crippen LogP contribution >= 0.6 is 0 Å². The van der Waals surface area contributed by atoms with Crippen molar-refractivity contribution in [3.8, 4) is 11.5 Å². The van der Waals surface area contributed by atoms with Crippen molar-refractivity contribution in [2.75, 3.05) is 16.5 Å². The third-order valence-corrected chi connectivity index (χ3v) is 9.05. The molecule has 3 aromatic heterocycles. The molecule has 0 atom stereocenters. The zero-order valence-electron chi connectivity index (χ0n) is 27.2. The number of rotatable bonds is 4. The Hall–Kier alpha value is -5.36. The van der Waals surface area contributed by atoms with Crippen LogP contribution in [0.4, 0.5) is 22.7 Å². The summed E-state index contributed by atoms with van der Waals surface area (Å²) in [5.74, 6) is 1.55. The van der Waals surface area contributed by atoms with Crippen LogP contribution in [0.5, 0.6) is 11.5 Å². The van der Waals surface area contributed by atoms with Crippen molar-refractivity contribution in [2.24, 2.45) is 0 Å². The number of hydrogen-bond acceptors (Lipinski definition) is 5. The van der Waals surface area contributed by atoms with Gasteiger partial charge in [0.1, 0.15) is 29.5 Å². The number of imidazole rings is 1. The van der Waals surface area contributed by atoms with E-state index in [0.717, 1.165) is 57.0 Å². The largest absolute Gasteiger partial charge is 0.457 e. The van der Waals surface area contributed by atoms with E-state index in [4.69, 9.17) is 14.7 Å². The van der Waals surface area contributed by atoms with Gasteiger partial charge in [-0.15, -0.1) is 0 Å². The number of fused-ring (bicyclic) bond motifs is 7. The minimum Gasteiger partial charge on any atom is -0.457 e. The topological polar surface area (TPSA) is 45.9 Å². The van der Waals surface area contributed by atoms with Crippen molar-refractivity contribution in [3.63, 3.8) is 0 Å². The van der Waals surface area contributed by atoms with Crippen LogP contribution < -0.4 is 14.5 Å². The van der Waals surface area contributed by atoms with E-state index in [9.17, 15) is 0 Å². The second-order valence-corrected chi connectivity index (χ2v) is 13.5. The molecule has 4 heterocycles. The van der Waals surface area contributed by atoms with Crippen molar-refractivity contribution >= 4 is 50.2 Å². The highest BCUT2D eigenvalue weighted by molar-refractivity contribution is 6.11. The van der Waals surface area contributed by atoms with Crippen molar-refractivity contribution in [2.45, 2.75) is 47.0 Å². The minimum atomic E-state index is -0.0454. The summed E-state index contributed by atoms with van der Waals surface area (Å²) in [7, 11) is 0. The van der Waals surface area contributed by atoms with Crippen LogP contribution in [0.3, 0.4) is 0 Å². The SMILES string of the molecule is Cc1cc(C)c(N2CN(c3cccc(Oc4ccc5c(c4)c4nccn4c4nc(C(C)(C)C)ccc54)c3)c3ccccc32)c(C)c1. The number of nitrogens with zero attached hydrogens (tertiary/aromatic N) is 5. The highest BCUT2D eigenvalue weighted by Crippen LogP contribution is 2.46. The van der Waals surface area contributed by atoms with Crippen molar-refractivity contribution < 1.29 is 4.74 Å². The lowest BCUT2D eigenvalue weighted by atomic mass is 9.91. The van der Waals surface area contributed by atoms with Gasteiger partial charge in [-0.1, -0.05) is 56.7 Å². The van der Waals surface area contributed by atoms with Crippen LogP contribution in [0, 0.1) is 20.8 Å². The summed E-state index contributed by atoms with van der Waals surface area (Å²) in [4.78, 5) is 14.6. The van der Waals surface area contributed by atoms with E-state index in [1.807, 2.05) is 24.5 Å². The Balaban J connectivity index is 1.15. The average molecular weight is 604 g/mol. The summed E-state index contributed by atoms with van der Waals surface area (Å²) in [6, 6.07) is 32.1. The first-order chi connectivity index (χ1) is 22.2. The molecule has 0 N–H and O–H groups in total. The fourth-order valence-electron chi connectivity index (χ4n) is 7.02. The van der Waals surface area contributed by atoms with Crippen LogP contribution in [0.2, 0.25) is 0 Å². The van der Waals surface area contributed by atoms with E-state index in [1.165, 1.54) is 33.8 Å². The average Bonchev–Trinajstić information content (AvgIpc) is 3.67. The molecule has 0 aliphatic carbocycles. The molecular weight excluding hydrogens is 566 g/mol. The number of ether oxygens (including phenoxy) is 1. The molecule has 4 aromatic carbocycles. The number of hydrogen-bond donors (Lipinski definition) is 0. The molecule has 6 nitrogen and oxygen atoms in total. The molecule has 0 bridgehead atoms. The Morgan fingerprint density at radius 2 is 1.39 bits per heavy atom. The lowest BCUT2D eigenvalue weighted by Crippen LogP contribution is -2.25. The molecule has 0 saturated carbocycles. The fraction of sp³-hybridized carbons (Fsp3) is 0.200. The van der Waals surface area contributed by atoms with Gasteiger partial charge in [0, 0.05) is 51.7 Å². The summed E-state index contributed by atoms with van der Waals surface area (Å²) in [5.41, 5.74) is 11.4. The summed E-state index contributed by atoms with van der Waals surface area (Å²) in [6.07, 6.45) is 3.83. The van der Waals surface area contributed by atoms with Gasteiger partial charge in [-0.2, -0.15) is 0 Å². The van der Waals surface area contributed by atoms with Crippen molar-refractivity contribution in [3.05, 3.63) is 126 Å². The van der Waals surface area contributed by atoms with Gasteiger partial charge in [-0.25, -0.2) is 9.97 Å². The normalized spacial score (nSPS) is 13.3. The molecule has 6 heteroatoms. The highest BCUT2D eigenvalue weighted by atomic mass is 16.5. The summed E-state index contributed by atoms with van der Waals surface area (Å²) >= 11 is 0. The van der Waals surface area contributed by atoms with E-state index < -0.39 is 0 Å². The number of pyridine rings is 2. The molecular formula is C40H37N5O. The standard InChI is InChI=1S/C40H37N5O/c1-25-20-26(2)37(27(3)21-25)45-24-44(34-12-7-8-13-35(34)45)28-10-9-11-29(22-28)46-30-14-15-31-32-16-17-36(40(4,5)6)42-39(32)43-19-18-41-38(43)33(31)23-30/h7-23H,24H2,1-6H3. The maximum atomic E-state index is 6.55. The second-order valence-electron chi connectivity index (χ2n) is 13.5. The molecule has 0 spiro atoms. The number of aromatic nitrogens is 3. The molecule has 8 rings (SSSR count). The minimum absolute atomic E-state index is 0.0454. The predicted molar refractivity (Wildman–Crippen MR) is 189 cm³/mol. The molecule has 0 fully saturated rings. The first-order valence-corrected chi connectivity index (χ1v) is 15.9. The Bertz CT molecular complexity index is 2290. The second kappa shape index (κ2) is 10.3. The van der Waals surface area contributed by atoms with Gasteiger partial charge in [0.15, 0.2) is 0 Å². The Morgan fingerprint density at radius 3 is 2.15 bits per heavy atom. The molecule has 46 heavy (non-hydrogen) atoms. The van der Waals surface area contributed by atoms with Crippen LogP contribution in [-0.4, -0.2) is 21.0 Å². The molecule has 228 valence electrons. The smallest absolute Gasteiger partial charge is 0.146 e. The third kappa shape index (κ3) is 4.55. The lowest BCUT2D eigenvalue weighted by molar-refractivity contribution is 0.483. The van der Waals surface area contributed by atoms with Crippen molar-refractivity contribution in [1.29, 1.82) is 0 Å². The predicted octanol–water partition coefficient (Wildman–Crippen LogP) is 10.3. The summed E-state index contributed by atoms with van der Waals surface area (Å²) < 4.78 is 8.63. The first-order valence-electron chi connectivity index (χ1n) is 15.9. The summed E-state index contributed by atoms with van der Waals surface area (Å²) in [5, 5.41) is 3.24. The highest BCUT2D eigenvalue weighted by Gasteiger charge is 2.29. The molecule has 0 amide bonds. The van der Waals surface area contributed by atoms with Crippen LogP contribution in [-0.2, 0) is 5.41 Å². The van der Waals surface area contributed by atoms with E-state index >= 15 is 0 Å². The zero-order chi connectivity index (χ0) is 31.7. The fourth-order valence-corrected chi connectivity index (χ4v) is 7.02. The molecule has 1 aliphatic rings. The molecule has 0 unspecified atom stereocenters. The van der Waals surface area contributed by atoms with Gasteiger partial charge in [0.25, 0.3) is 0 Å². The lowest BCUT2D eigenvalue weighted by Gasteiger charge is -2.25. The van der Waals surface area contributed by atoms with E-state index in [2.05, 4.69) is 135 Å².